The number of benzene rings is 10. The average Bonchev–Trinajstić information content (AvgIpc) is 1.97. The van der Waals surface area contributed by atoms with E-state index in [1.807, 2.05) is 74.5 Å². The molecular formula is C70H45F6NO6S. The van der Waals surface area contributed by atoms with E-state index in [0.29, 0.717) is 46.5 Å². The van der Waals surface area contributed by atoms with Gasteiger partial charge >= 0.3 is 12.4 Å². The van der Waals surface area contributed by atoms with Crippen LogP contribution in [-0.2, 0) is 5.41 Å². The van der Waals surface area contributed by atoms with Gasteiger partial charge in [-0.25, -0.2) is 4.98 Å². The summed E-state index contributed by atoms with van der Waals surface area (Å²) in [4.78, 5) is 58.8. The second kappa shape index (κ2) is 22.7. The molecule has 0 spiro atoms. The van der Waals surface area contributed by atoms with Crippen LogP contribution in [0.3, 0.4) is 0 Å². The maximum atomic E-state index is 15.2. The number of ketones is 4. The number of hydrogen-bond acceptors (Lipinski definition) is 8. The Labute approximate surface area is 482 Å². The highest BCUT2D eigenvalue weighted by Gasteiger charge is 2.72. The lowest BCUT2D eigenvalue weighted by Gasteiger charge is -2.38. The molecule has 1 heterocycles. The van der Waals surface area contributed by atoms with Crippen molar-refractivity contribution >= 4 is 44.7 Å². The van der Waals surface area contributed by atoms with Crippen molar-refractivity contribution < 1.29 is 55.0 Å². The summed E-state index contributed by atoms with van der Waals surface area (Å²) in [6, 6.07) is 59.3. The largest absolute Gasteiger partial charge is 0.457 e. The van der Waals surface area contributed by atoms with Crippen molar-refractivity contribution in [3.63, 3.8) is 0 Å². The number of hydrogen-bond donors (Lipinski definition) is 0. The minimum atomic E-state index is -5.88. The van der Waals surface area contributed by atoms with Gasteiger partial charge in [0, 0.05) is 50.1 Å². The Morgan fingerprint density at radius 3 is 1.15 bits per heavy atom. The SMILES string of the molecule is Cc1ccc(C(=O)c2cccc(C(=O)c3ccc(Oc4ccc(C(c5ccc(Oc6ccc(C(=O)c7cccc(C(=O)c8ccc(-c9ccc(C)c(-c%10nc%11ccccc%11s%10)c9)cc8)c7)cc6)cc5)(C(F)(F)F)C(F)(F)F)cc4)cc3)c2)cc1. The second-order valence-corrected chi connectivity index (χ2v) is 21.0. The zero-order valence-corrected chi connectivity index (χ0v) is 45.4. The Balaban J connectivity index is 0.737. The molecule has 10 aromatic carbocycles. The molecule has 0 radical (unpaired) electrons. The molecule has 0 aliphatic rings. The van der Waals surface area contributed by atoms with Gasteiger partial charge in [0.15, 0.2) is 23.1 Å². The number of aryl methyl sites for hydroxylation is 2. The van der Waals surface area contributed by atoms with Gasteiger partial charge in [0.25, 0.3) is 0 Å². The molecule has 7 nitrogen and oxygen atoms in total. The summed E-state index contributed by atoms with van der Waals surface area (Å²) >= 11 is 1.63. The van der Waals surface area contributed by atoms with Gasteiger partial charge in [-0.3, -0.25) is 19.2 Å². The third-order valence-corrected chi connectivity index (χ3v) is 15.5. The molecule has 0 amide bonds. The van der Waals surface area contributed by atoms with Crippen LogP contribution in [0.4, 0.5) is 26.3 Å². The summed E-state index contributed by atoms with van der Waals surface area (Å²) in [5, 5.41) is 0.920. The third kappa shape index (κ3) is 11.2. The quantitative estimate of drug-likeness (QED) is 0.0702. The van der Waals surface area contributed by atoms with Crippen LogP contribution in [0.15, 0.2) is 237 Å². The average molecular weight is 1140 g/mol. The predicted octanol–water partition coefficient (Wildman–Crippen LogP) is 18.2. The summed E-state index contributed by atoms with van der Waals surface area (Å²) in [5.41, 5.74) is 1.65. The molecule has 0 saturated carbocycles. The van der Waals surface area contributed by atoms with Gasteiger partial charge in [-0.05, 0) is 145 Å². The van der Waals surface area contributed by atoms with E-state index in [9.17, 15) is 19.2 Å². The molecule has 0 unspecified atom stereocenters. The van der Waals surface area contributed by atoms with Crippen LogP contribution in [0.2, 0.25) is 0 Å². The van der Waals surface area contributed by atoms with Crippen LogP contribution < -0.4 is 9.47 Å². The first kappa shape index (κ1) is 55.8. The Morgan fingerprint density at radius 1 is 0.381 bits per heavy atom. The normalized spacial score (nSPS) is 11.8. The number of carbonyl (C=O) groups excluding carboxylic acids is 4. The minimum Gasteiger partial charge on any atom is -0.457 e. The summed E-state index contributed by atoms with van der Waals surface area (Å²) in [6.07, 6.45) is -11.8. The topological polar surface area (TPSA) is 99.6 Å². The number of fused-ring (bicyclic) bond motifs is 1. The first-order valence-corrected chi connectivity index (χ1v) is 27.1. The van der Waals surface area contributed by atoms with E-state index in [1.165, 1.54) is 60.7 Å². The van der Waals surface area contributed by atoms with Crippen molar-refractivity contribution in [3.8, 4) is 44.7 Å². The van der Waals surface area contributed by atoms with Crippen molar-refractivity contribution in [3.05, 3.63) is 303 Å². The van der Waals surface area contributed by atoms with E-state index in [2.05, 4.69) is 6.07 Å². The number of halogens is 6. The van der Waals surface area contributed by atoms with Gasteiger partial charge in [-0.2, -0.15) is 26.3 Å². The lowest BCUT2D eigenvalue weighted by Crippen LogP contribution is -2.54. The van der Waals surface area contributed by atoms with Crippen molar-refractivity contribution in [2.75, 3.05) is 0 Å². The lowest BCUT2D eigenvalue weighted by molar-refractivity contribution is -0.288. The van der Waals surface area contributed by atoms with Crippen molar-refractivity contribution in [1.29, 1.82) is 0 Å². The first-order chi connectivity index (χ1) is 40.3. The lowest BCUT2D eigenvalue weighted by atomic mass is 9.73. The molecule has 84 heavy (non-hydrogen) atoms. The van der Waals surface area contributed by atoms with Crippen LogP contribution in [0.25, 0.3) is 31.9 Å². The smallest absolute Gasteiger partial charge is 0.411 e. The maximum Gasteiger partial charge on any atom is 0.411 e. The molecule has 14 heteroatoms. The fourth-order valence-corrected chi connectivity index (χ4v) is 11.0. The Kier molecular flexibility index (Phi) is 15.1. The molecule has 0 N–H and O–H groups in total. The molecule has 1 aromatic heterocycles. The molecule has 0 aliphatic heterocycles. The number of alkyl halides is 6. The Hall–Kier alpha value is -10.1. The van der Waals surface area contributed by atoms with E-state index in [-0.39, 0.29) is 56.8 Å². The molecule has 0 bridgehead atoms. The zero-order chi connectivity index (χ0) is 58.9. The Morgan fingerprint density at radius 2 is 0.750 bits per heavy atom. The van der Waals surface area contributed by atoms with E-state index < -0.39 is 40.5 Å². The van der Waals surface area contributed by atoms with Crippen LogP contribution >= 0.6 is 11.3 Å². The predicted molar refractivity (Wildman–Crippen MR) is 312 cm³/mol. The molecule has 414 valence electrons. The van der Waals surface area contributed by atoms with Crippen molar-refractivity contribution in [1.82, 2.24) is 4.98 Å². The van der Waals surface area contributed by atoms with Crippen LogP contribution in [-0.4, -0.2) is 40.5 Å². The number of nitrogens with zero attached hydrogens (tertiary/aromatic N) is 1. The van der Waals surface area contributed by atoms with Crippen molar-refractivity contribution in [2.45, 2.75) is 31.6 Å². The summed E-state index contributed by atoms with van der Waals surface area (Å²) in [5.74, 6) is -1.24. The van der Waals surface area contributed by atoms with E-state index >= 15 is 26.3 Å². The number of carbonyl (C=O) groups is 4. The van der Waals surface area contributed by atoms with Gasteiger partial charge in [0.2, 0.25) is 5.41 Å². The highest BCUT2D eigenvalue weighted by Crippen LogP contribution is 2.56. The van der Waals surface area contributed by atoms with Gasteiger partial charge in [0.1, 0.15) is 28.0 Å². The number of ether oxygens (including phenoxy) is 2. The minimum absolute atomic E-state index is 0.0774. The highest BCUT2D eigenvalue weighted by atomic mass is 32.1. The summed E-state index contributed by atoms with van der Waals surface area (Å²) < 4.78 is 104. The first-order valence-electron chi connectivity index (χ1n) is 26.3. The molecular weight excluding hydrogens is 1100 g/mol. The van der Waals surface area contributed by atoms with E-state index in [1.54, 1.807) is 72.0 Å². The van der Waals surface area contributed by atoms with Crippen LogP contribution in [0.1, 0.15) is 85.9 Å². The number of aromatic nitrogens is 1. The summed E-state index contributed by atoms with van der Waals surface area (Å²) in [6.45, 7) is 3.94. The Bertz CT molecular complexity index is 4240. The van der Waals surface area contributed by atoms with E-state index in [4.69, 9.17) is 14.5 Å². The molecule has 0 atom stereocenters. The fourth-order valence-electron chi connectivity index (χ4n) is 9.96. The zero-order valence-electron chi connectivity index (χ0n) is 44.6. The van der Waals surface area contributed by atoms with Gasteiger partial charge in [-0.1, -0.05) is 139 Å². The highest BCUT2D eigenvalue weighted by molar-refractivity contribution is 7.21. The number of para-hydroxylation sites is 1. The van der Waals surface area contributed by atoms with Gasteiger partial charge in [0.05, 0.1) is 10.2 Å². The van der Waals surface area contributed by atoms with Crippen molar-refractivity contribution in [2.24, 2.45) is 0 Å². The maximum absolute atomic E-state index is 15.2. The van der Waals surface area contributed by atoms with E-state index in [0.717, 1.165) is 67.3 Å². The fraction of sp³-hybridized carbons (Fsp3) is 0.0714. The monoisotopic (exact) mass is 1140 g/mol. The molecule has 11 rings (SSSR count). The van der Waals surface area contributed by atoms with Crippen LogP contribution in [0.5, 0.6) is 23.0 Å². The second-order valence-electron chi connectivity index (χ2n) is 20.0. The summed E-state index contributed by atoms with van der Waals surface area (Å²) in [7, 11) is 0. The van der Waals surface area contributed by atoms with Crippen LogP contribution in [0, 0.1) is 13.8 Å². The number of rotatable bonds is 16. The van der Waals surface area contributed by atoms with Gasteiger partial charge in [-0.15, -0.1) is 11.3 Å². The standard InChI is InChI=1S/C70H45F6NO6S/c1-42-13-16-45(17-14-42)63(78)50-7-5-9-52(39-50)65(80)47-23-31-56(32-24-47)82-58-35-27-54(28-36-58)68(69(71,72)73,70(74,75)76)55-29-37-59(38-30-55)83-57-33-25-48(26-34-57)66(81)53-10-6-8-51(40-53)64(79)46-21-19-44(20-22-46)49-18-15-43(2)60(41-49)67-77-61-11-3-4-12-62(61)84-67/h3-41H,1-2H3. The molecule has 0 aliphatic carbocycles. The molecule has 11 aromatic rings. The third-order valence-electron chi connectivity index (χ3n) is 14.5. The number of thiazole rings is 1. The van der Waals surface area contributed by atoms with Gasteiger partial charge < -0.3 is 9.47 Å². The molecule has 0 fully saturated rings. The molecule has 0 saturated heterocycles.